The summed E-state index contributed by atoms with van der Waals surface area (Å²) in [6.45, 7) is 2.92. The minimum atomic E-state index is -0.428. The fourth-order valence-corrected chi connectivity index (χ4v) is 2.34. The third kappa shape index (κ3) is 2.85. The molecular formula is C11H19FN6. The van der Waals surface area contributed by atoms with Gasteiger partial charge in [-0.25, -0.2) is 15.2 Å². The Bertz CT molecular complexity index is 413. The molecule has 1 aromatic heterocycles. The molecule has 3 N–H and O–H groups in total. The summed E-state index contributed by atoms with van der Waals surface area (Å²) in [4.78, 5) is 11.9. The van der Waals surface area contributed by atoms with Gasteiger partial charge in [-0.3, -0.25) is 5.43 Å². The maximum absolute atomic E-state index is 13.7. The van der Waals surface area contributed by atoms with Crippen LogP contribution in [-0.4, -0.2) is 48.6 Å². The summed E-state index contributed by atoms with van der Waals surface area (Å²) in [5.41, 5.74) is 2.33. The second kappa shape index (κ2) is 5.45. The largest absolute Gasteiger partial charge is 0.357 e. The van der Waals surface area contributed by atoms with Gasteiger partial charge >= 0.3 is 0 Å². The van der Waals surface area contributed by atoms with Gasteiger partial charge in [0.2, 0.25) is 5.95 Å². The van der Waals surface area contributed by atoms with Gasteiger partial charge in [0.05, 0.1) is 6.20 Å². The first kappa shape index (κ1) is 13.0. The average Bonchev–Trinajstić information content (AvgIpc) is 2.75. The number of hydrogen-bond acceptors (Lipinski definition) is 6. The third-order valence-electron chi connectivity index (χ3n) is 3.24. The first-order valence-electron chi connectivity index (χ1n) is 5.99. The van der Waals surface area contributed by atoms with Crippen LogP contribution >= 0.6 is 0 Å². The zero-order valence-corrected chi connectivity index (χ0v) is 10.7. The van der Waals surface area contributed by atoms with Crippen molar-refractivity contribution in [2.45, 2.75) is 6.42 Å². The molecule has 0 spiro atoms. The first-order valence-corrected chi connectivity index (χ1v) is 5.99. The molecule has 1 atom stereocenters. The predicted molar refractivity (Wildman–Crippen MR) is 68.7 cm³/mol. The molecule has 1 aliphatic rings. The molecule has 6 nitrogen and oxygen atoms in total. The van der Waals surface area contributed by atoms with Crippen molar-refractivity contribution in [2.24, 2.45) is 11.8 Å². The van der Waals surface area contributed by atoms with E-state index in [4.69, 9.17) is 5.84 Å². The van der Waals surface area contributed by atoms with Crippen LogP contribution in [0, 0.1) is 11.7 Å². The maximum Gasteiger partial charge on any atom is 0.239 e. The number of hydrazine groups is 1. The number of hydrogen-bond donors (Lipinski definition) is 2. The standard InChI is InChI=1S/C11H19FN6/c1-17-4-3-8(6-17)7-18(2)10-9(12)5-14-11(15-10)16-13/h5,8H,3-4,6-7,13H2,1-2H3,(H,14,15,16). The summed E-state index contributed by atoms with van der Waals surface area (Å²) in [5.74, 6) is 5.85. The Morgan fingerprint density at radius 3 is 3.06 bits per heavy atom. The molecule has 2 rings (SSSR count). The van der Waals surface area contributed by atoms with Crippen LogP contribution in [0.25, 0.3) is 0 Å². The molecule has 1 fully saturated rings. The van der Waals surface area contributed by atoms with E-state index in [9.17, 15) is 4.39 Å². The number of aromatic nitrogens is 2. The highest BCUT2D eigenvalue weighted by Crippen LogP contribution is 2.20. The monoisotopic (exact) mass is 254 g/mol. The molecule has 0 aliphatic carbocycles. The lowest BCUT2D eigenvalue weighted by atomic mass is 10.1. The fourth-order valence-electron chi connectivity index (χ4n) is 2.34. The molecule has 1 aliphatic heterocycles. The normalized spacial score (nSPS) is 20.1. The Labute approximate surface area is 106 Å². The maximum atomic E-state index is 13.7. The van der Waals surface area contributed by atoms with Crippen LogP contribution in [0.15, 0.2) is 6.20 Å². The van der Waals surface area contributed by atoms with E-state index >= 15 is 0 Å². The average molecular weight is 254 g/mol. The summed E-state index contributed by atoms with van der Waals surface area (Å²) in [6, 6.07) is 0. The second-order valence-corrected chi connectivity index (χ2v) is 4.81. The van der Waals surface area contributed by atoms with E-state index in [0.29, 0.717) is 5.92 Å². The second-order valence-electron chi connectivity index (χ2n) is 4.81. The van der Waals surface area contributed by atoms with Gasteiger partial charge in [-0.2, -0.15) is 4.98 Å². The SMILES string of the molecule is CN1CCC(CN(C)c2nc(NN)ncc2F)C1. The Morgan fingerprint density at radius 1 is 1.67 bits per heavy atom. The van der Waals surface area contributed by atoms with Crippen molar-refractivity contribution < 1.29 is 4.39 Å². The summed E-state index contributed by atoms with van der Waals surface area (Å²) in [5, 5.41) is 0. The van der Waals surface area contributed by atoms with E-state index in [1.807, 2.05) is 11.9 Å². The third-order valence-corrected chi connectivity index (χ3v) is 3.24. The van der Waals surface area contributed by atoms with Crippen LogP contribution in [0.2, 0.25) is 0 Å². The van der Waals surface area contributed by atoms with E-state index in [1.165, 1.54) is 0 Å². The fraction of sp³-hybridized carbons (Fsp3) is 0.636. The molecule has 0 saturated carbocycles. The Balaban J connectivity index is 2.05. The number of anilines is 2. The number of nitrogens with one attached hydrogen (secondary N) is 1. The minimum absolute atomic E-state index is 0.224. The lowest BCUT2D eigenvalue weighted by molar-refractivity contribution is 0.395. The summed E-state index contributed by atoms with van der Waals surface area (Å²) in [6.07, 6.45) is 2.27. The van der Waals surface area contributed by atoms with Gasteiger partial charge in [0, 0.05) is 20.1 Å². The summed E-state index contributed by atoms with van der Waals surface area (Å²) >= 11 is 0. The lowest BCUT2D eigenvalue weighted by Crippen LogP contribution is -2.29. The first-order chi connectivity index (χ1) is 8.60. The van der Waals surface area contributed by atoms with E-state index < -0.39 is 5.82 Å². The van der Waals surface area contributed by atoms with E-state index in [1.54, 1.807) is 0 Å². The molecule has 18 heavy (non-hydrogen) atoms. The van der Waals surface area contributed by atoms with Gasteiger partial charge in [0.1, 0.15) is 0 Å². The van der Waals surface area contributed by atoms with Crippen LogP contribution in [-0.2, 0) is 0 Å². The number of rotatable bonds is 4. The molecule has 2 heterocycles. The van der Waals surface area contributed by atoms with Crippen molar-refractivity contribution in [3.05, 3.63) is 12.0 Å². The van der Waals surface area contributed by atoms with Crippen LogP contribution in [0.3, 0.4) is 0 Å². The van der Waals surface area contributed by atoms with Crippen LogP contribution in [0.1, 0.15) is 6.42 Å². The highest BCUT2D eigenvalue weighted by Gasteiger charge is 2.22. The van der Waals surface area contributed by atoms with Crippen molar-refractivity contribution in [1.82, 2.24) is 14.9 Å². The van der Waals surface area contributed by atoms with Gasteiger partial charge in [-0.15, -0.1) is 0 Å². The zero-order chi connectivity index (χ0) is 13.1. The van der Waals surface area contributed by atoms with Crippen molar-refractivity contribution in [3.63, 3.8) is 0 Å². The number of nitrogens with zero attached hydrogens (tertiary/aromatic N) is 4. The molecule has 0 radical (unpaired) electrons. The van der Waals surface area contributed by atoms with Gasteiger partial charge in [0.25, 0.3) is 0 Å². The van der Waals surface area contributed by atoms with Crippen molar-refractivity contribution in [2.75, 3.05) is 44.1 Å². The molecule has 0 amide bonds. The molecule has 100 valence electrons. The number of likely N-dealkylation sites (tertiary alicyclic amines) is 1. The lowest BCUT2D eigenvalue weighted by Gasteiger charge is -2.22. The highest BCUT2D eigenvalue weighted by molar-refractivity contribution is 5.42. The van der Waals surface area contributed by atoms with Crippen molar-refractivity contribution >= 4 is 11.8 Å². The van der Waals surface area contributed by atoms with Crippen LogP contribution in [0.4, 0.5) is 16.2 Å². The van der Waals surface area contributed by atoms with Crippen LogP contribution < -0.4 is 16.2 Å². The van der Waals surface area contributed by atoms with Gasteiger partial charge < -0.3 is 9.80 Å². The molecule has 0 bridgehead atoms. The topological polar surface area (TPSA) is 70.3 Å². The van der Waals surface area contributed by atoms with Crippen molar-refractivity contribution in [3.8, 4) is 0 Å². The molecule has 7 heteroatoms. The quantitative estimate of drug-likeness (QED) is 0.594. The van der Waals surface area contributed by atoms with Gasteiger partial charge in [-0.1, -0.05) is 0 Å². The van der Waals surface area contributed by atoms with Crippen molar-refractivity contribution in [1.29, 1.82) is 0 Å². The minimum Gasteiger partial charge on any atom is -0.357 e. The molecule has 0 aromatic carbocycles. The molecular weight excluding hydrogens is 235 g/mol. The number of halogens is 1. The Morgan fingerprint density at radius 2 is 2.44 bits per heavy atom. The number of nitrogen functional groups attached to an aromatic ring is 1. The smallest absolute Gasteiger partial charge is 0.239 e. The predicted octanol–water partition coefficient (Wildman–Crippen LogP) is 0.289. The number of nitrogens with two attached hydrogens (primary N) is 1. The highest BCUT2D eigenvalue weighted by atomic mass is 19.1. The summed E-state index contributed by atoms with van der Waals surface area (Å²) < 4.78 is 13.7. The Hall–Kier alpha value is -1.47. The van der Waals surface area contributed by atoms with Gasteiger partial charge in [0.15, 0.2) is 11.6 Å². The van der Waals surface area contributed by atoms with E-state index in [2.05, 4.69) is 27.3 Å². The summed E-state index contributed by atoms with van der Waals surface area (Å²) in [7, 11) is 3.94. The molecule has 1 aromatic rings. The van der Waals surface area contributed by atoms with Crippen LogP contribution in [0.5, 0.6) is 0 Å². The van der Waals surface area contributed by atoms with Gasteiger partial charge in [-0.05, 0) is 25.9 Å². The zero-order valence-electron chi connectivity index (χ0n) is 10.7. The Kier molecular flexibility index (Phi) is 3.93. The van der Waals surface area contributed by atoms with E-state index in [-0.39, 0.29) is 11.8 Å². The van der Waals surface area contributed by atoms with E-state index in [0.717, 1.165) is 32.3 Å². The molecule has 1 unspecified atom stereocenters. The molecule has 1 saturated heterocycles.